The van der Waals surface area contributed by atoms with Crippen LogP contribution in [-0.2, 0) is 5.41 Å². The van der Waals surface area contributed by atoms with Crippen LogP contribution >= 0.6 is 11.3 Å². The standard InChI is InChI=1S/C33H38NSSi/c1-21-14-19-27-23(3)31(24-15-17-25(18-16-24)36(7,8)9)35-32(27)34(21)30-20-29(33(4,5)6)28-13-11-10-12-26(28)22(30)2/h10-20H,1-9H3/q+1. The van der Waals surface area contributed by atoms with Crippen molar-refractivity contribution in [1.82, 2.24) is 0 Å². The first kappa shape index (κ1) is 24.9. The predicted molar refractivity (Wildman–Crippen MR) is 162 cm³/mol. The van der Waals surface area contributed by atoms with Gasteiger partial charge in [0.05, 0.1) is 13.5 Å². The smallest absolute Gasteiger partial charge is 0.148 e. The molecule has 3 heteroatoms. The minimum atomic E-state index is -1.31. The van der Waals surface area contributed by atoms with Crippen molar-refractivity contribution in [2.45, 2.75) is 66.6 Å². The van der Waals surface area contributed by atoms with E-state index in [1.807, 2.05) is 11.3 Å². The summed E-state index contributed by atoms with van der Waals surface area (Å²) in [6, 6.07) is 25.3. The van der Waals surface area contributed by atoms with E-state index in [1.165, 1.54) is 64.7 Å². The Balaban J connectivity index is 1.79. The molecule has 36 heavy (non-hydrogen) atoms. The first-order valence-electron chi connectivity index (χ1n) is 13.0. The lowest BCUT2D eigenvalue weighted by molar-refractivity contribution is -0.572. The van der Waals surface area contributed by atoms with E-state index in [4.69, 9.17) is 0 Å². The van der Waals surface area contributed by atoms with Crippen LogP contribution in [0.1, 0.15) is 43.2 Å². The van der Waals surface area contributed by atoms with Gasteiger partial charge in [0.2, 0.25) is 5.69 Å². The number of hydrogen-bond donors (Lipinski definition) is 0. The summed E-state index contributed by atoms with van der Waals surface area (Å²) in [4.78, 5) is 2.70. The molecule has 0 aliphatic rings. The Morgan fingerprint density at radius 3 is 1.97 bits per heavy atom. The Kier molecular flexibility index (Phi) is 6.00. The molecular weight excluding hydrogens is 471 g/mol. The van der Waals surface area contributed by atoms with Crippen LogP contribution in [0.4, 0.5) is 0 Å². The van der Waals surface area contributed by atoms with Crippen molar-refractivity contribution < 1.29 is 4.57 Å². The van der Waals surface area contributed by atoms with Gasteiger partial charge in [-0.15, -0.1) is 4.57 Å². The summed E-state index contributed by atoms with van der Waals surface area (Å²) in [5.41, 5.74) is 8.05. The minimum absolute atomic E-state index is 0.0546. The quantitative estimate of drug-likeness (QED) is 0.169. The molecule has 2 heterocycles. The fourth-order valence-electron chi connectivity index (χ4n) is 5.37. The molecule has 5 aromatic rings. The van der Waals surface area contributed by atoms with Crippen LogP contribution in [0.25, 0.3) is 37.1 Å². The molecular formula is C33H38NSSi+. The van der Waals surface area contributed by atoms with Gasteiger partial charge in [-0.25, -0.2) is 0 Å². The number of hydrogen-bond acceptors (Lipinski definition) is 1. The Morgan fingerprint density at radius 2 is 1.36 bits per heavy atom. The summed E-state index contributed by atoms with van der Waals surface area (Å²) in [5, 5.41) is 5.57. The second kappa shape index (κ2) is 8.67. The zero-order chi connectivity index (χ0) is 26.0. The molecule has 5 rings (SSSR count). The van der Waals surface area contributed by atoms with Gasteiger partial charge in [-0.2, -0.15) is 0 Å². The lowest BCUT2D eigenvalue weighted by atomic mass is 9.82. The number of fused-ring (bicyclic) bond motifs is 2. The van der Waals surface area contributed by atoms with Gasteiger partial charge in [-0.3, -0.25) is 0 Å². The van der Waals surface area contributed by atoms with Gasteiger partial charge in [-0.1, -0.05) is 105 Å². The molecule has 0 spiro atoms. The highest BCUT2D eigenvalue weighted by Gasteiger charge is 2.28. The fraction of sp³-hybridized carbons (Fsp3) is 0.303. The zero-order valence-corrected chi connectivity index (χ0v) is 25.0. The summed E-state index contributed by atoms with van der Waals surface area (Å²) >= 11 is 1.93. The van der Waals surface area contributed by atoms with E-state index in [9.17, 15) is 0 Å². The van der Waals surface area contributed by atoms with Crippen LogP contribution < -0.4 is 9.75 Å². The molecule has 0 aliphatic heterocycles. The van der Waals surface area contributed by atoms with Crippen LogP contribution in [0.3, 0.4) is 0 Å². The van der Waals surface area contributed by atoms with Crippen molar-refractivity contribution in [3.8, 4) is 16.1 Å². The highest BCUT2D eigenvalue weighted by Crippen LogP contribution is 2.39. The van der Waals surface area contributed by atoms with Gasteiger partial charge in [0, 0.05) is 29.5 Å². The van der Waals surface area contributed by atoms with E-state index in [2.05, 4.69) is 132 Å². The van der Waals surface area contributed by atoms with E-state index in [1.54, 1.807) is 0 Å². The number of benzene rings is 3. The molecule has 0 atom stereocenters. The molecule has 0 saturated carbocycles. The highest BCUT2D eigenvalue weighted by atomic mass is 32.1. The third-order valence-corrected chi connectivity index (χ3v) is 11.0. The van der Waals surface area contributed by atoms with E-state index in [0.717, 1.165) is 0 Å². The normalized spacial score (nSPS) is 12.6. The van der Waals surface area contributed by atoms with E-state index >= 15 is 0 Å². The number of aromatic nitrogens is 1. The van der Waals surface area contributed by atoms with Crippen molar-refractivity contribution in [2.75, 3.05) is 0 Å². The molecule has 1 nitrogen and oxygen atoms in total. The molecule has 0 unspecified atom stereocenters. The maximum Gasteiger partial charge on any atom is 0.275 e. The largest absolute Gasteiger partial charge is 0.275 e. The predicted octanol–water partition coefficient (Wildman–Crippen LogP) is 8.77. The van der Waals surface area contributed by atoms with Crippen molar-refractivity contribution in [2.24, 2.45) is 0 Å². The SMILES string of the molecule is Cc1c(-[n+]2c(C)ccc3c(C)c(-c4ccc([Si](C)(C)C)cc4)sc32)cc(C(C)(C)C)c2ccccc12. The molecule has 2 aromatic heterocycles. The molecule has 0 bridgehead atoms. The lowest BCUT2D eigenvalue weighted by Crippen LogP contribution is -2.37. The van der Waals surface area contributed by atoms with Crippen LogP contribution in [0.2, 0.25) is 19.6 Å². The molecule has 184 valence electrons. The molecule has 0 N–H and O–H groups in total. The molecule has 0 fully saturated rings. The first-order chi connectivity index (χ1) is 16.9. The highest BCUT2D eigenvalue weighted by molar-refractivity contribution is 7.21. The zero-order valence-electron chi connectivity index (χ0n) is 23.2. The summed E-state index contributed by atoms with van der Waals surface area (Å²) in [6.45, 7) is 21.0. The summed E-state index contributed by atoms with van der Waals surface area (Å²) in [5.74, 6) is 0. The van der Waals surface area contributed by atoms with Gasteiger partial charge in [0.25, 0.3) is 4.83 Å². The maximum absolute atomic E-state index is 2.50. The number of thiophene rings is 1. The average Bonchev–Trinajstić information content (AvgIpc) is 3.15. The molecule has 0 radical (unpaired) electrons. The summed E-state index contributed by atoms with van der Waals surface area (Å²) < 4.78 is 2.50. The maximum atomic E-state index is 2.50. The van der Waals surface area contributed by atoms with Gasteiger partial charge < -0.3 is 0 Å². The van der Waals surface area contributed by atoms with Crippen molar-refractivity contribution in [1.29, 1.82) is 0 Å². The number of rotatable bonds is 3. The van der Waals surface area contributed by atoms with Crippen LogP contribution in [0.5, 0.6) is 0 Å². The fourth-order valence-corrected chi connectivity index (χ4v) is 7.91. The van der Waals surface area contributed by atoms with Gasteiger partial charge in [0.1, 0.15) is 0 Å². The third-order valence-electron chi connectivity index (χ3n) is 7.57. The topological polar surface area (TPSA) is 3.88 Å². The lowest BCUT2D eigenvalue weighted by Gasteiger charge is -2.23. The van der Waals surface area contributed by atoms with Crippen molar-refractivity contribution >= 4 is 45.6 Å². The van der Waals surface area contributed by atoms with Gasteiger partial charge in [-0.05, 0) is 52.8 Å². The second-order valence-corrected chi connectivity index (χ2v) is 18.4. The van der Waals surface area contributed by atoms with Gasteiger partial charge in [0.15, 0.2) is 5.69 Å². The Morgan fingerprint density at radius 1 is 0.722 bits per heavy atom. The Bertz CT molecular complexity index is 1610. The van der Waals surface area contributed by atoms with E-state index in [0.29, 0.717) is 0 Å². The number of nitrogens with zero attached hydrogens (tertiary/aromatic N) is 1. The molecule has 0 amide bonds. The Hall–Kier alpha value is -2.75. The monoisotopic (exact) mass is 508 g/mol. The van der Waals surface area contributed by atoms with Crippen LogP contribution in [0, 0.1) is 20.8 Å². The minimum Gasteiger partial charge on any atom is -0.148 e. The van der Waals surface area contributed by atoms with Crippen molar-refractivity contribution in [3.05, 3.63) is 89.1 Å². The van der Waals surface area contributed by atoms with E-state index in [-0.39, 0.29) is 5.41 Å². The van der Waals surface area contributed by atoms with Crippen LogP contribution in [-0.4, -0.2) is 8.07 Å². The molecule has 0 saturated heterocycles. The Labute approximate surface area is 221 Å². The summed E-state index contributed by atoms with van der Waals surface area (Å²) in [6.07, 6.45) is 0. The molecule has 3 aromatic carbocycles. The van der Waals surface area contributed by atoms with Crippen molar-refractivity contribution in [3.63, 3.8) is 0 Å². The number of pyridine rings is 1. The summed E-state index contributed by atoms with van der Waals surface area (Å²) in [7, 11) is -1.31. The van der Waals surface area contributed by atoms with Crippen LogP contribution in [0.15, 0.2) is 66.7 Å². The number of aryl methyl sites for hydroxylation is 3. The third kappa shape index (κ3) is 4.13. The van der Waals surface area contributed by atoms with E-state index < -0.39 is 8.07 Å². The second-order valence-electron chi connectivity index (χ2n) is 12.3. The first-order valence-corrected chi connectivity index (χ1v) is 17.3. The average molecular weight is 509 g/mol. The van der Waals surface area contributed by atoms with Gasteiger partial charge >= 0.3 is 0 Å². The molecule has 0 aliphatic carbocycles.